The van der Waals surface area contributed by atoms with E-state index in [1.807, 2.05) is 13.8 Å². The van der Waals surface area contributed by atoms with Crippen LogP contribution in [0.1, 0.15) is 33.6 Å². The third-order valence-electron chi connectivity index (χ3n) is 1.89. The van der Waals surface area contributed by atoms with Crippen LogP contribution in [0.4, 0.5) is 0 Å². The lowest BCUT2D eigenvalue weighted by Gasteiger charge is -2.15. The zero-order valence-electron chi connectivity index (χ0n) is 8.04. The summed E-state index contributed by atoms with van der Waals surface area (Å²) in [5.41, 5.74) is 0. The SMILES string of the molecule is CCC(CC)C(=O)OC(C)CO. The Bertz CT molecular complexity index is 130. The molecule has 0 fully saturated rings. The number of rotatable bonds is 5. The lowest BCUT2D eigenvalue weighted by Crippen LogP contribution is -2.23. The van der Waals surface area contributed by atoms with Gasteiger partial charge in [0.25, 0.3) is 0 Å². The van der Waals surface area contributed by atoms with Crippen molar-refractivity contribution in [1.82, 2.24) is 0 Å². The van der Waals surface area contributed by atoms with E-state index in [4.69, 9.17) is 9.84 Å². The van der Waals surface area contributed by atoms with Gasteiger partial charge in [-0.3, -0.25) is 4.79 Å². The number of aliphatic hydroxyl groups is 1. The molecular formula is C9H18O3. The Hall–Kier alpha value is -0.570. The van der Waals surface area contributed by atoms with Gasteiger partial charge in [0.1, 0.15) is 6.10 Å². The van der Waals surface area contributed by atoms with Gasteiger partial charge in [-0.15, -0.1) is 0 Å². The first-order chi connectivity index (χ1) is 5.65. The third kappa shape index (κ3) is 3.72. The van der Waals surface area contributed by atoms with E-state index in [0.717, 1.165) is 12.8 Å². The molecule has 1 N–H and O–H groups in total. The zero-order valence-corrected chi connectivity index (χ0v) is 8.04. The van der Waals surface area contributed by atoms with Crippen LogP contribution >= 0.6 is 0 Å². The molecule has 1 unspecified atom stereocenters. The molecule has 0 spiro atoms. The predicted molar refractivity (Wildman–Crippen MR) is 46.7 cm³/mol. The summed E-state index contributed by atoms with van der Waals surface area (Å²) in [6.45, 7) is 5.49. The van der Waals surface area contributed by atoms with Crippen molar-refractivity contribution in [3.63, 3.8) is 0 Å². The molecule has 0 aliphatic heterocycles. The van der Waals surface area contributed by atoms with Gasteiger partial charge in [-0.2, -0.15) is 0 Å². The Balaban J connectivity index is 3.84. The minimum atomic E-state index is -0.377. The van der Waals surface area contributed by atoms with Crippen molar-refractivity contribution in [2.24, 2.45) is 5.92 Å². The first-order valence-corrected chi connectivity index (χ1v) is 4.47. The van der Waals surface area contributed by atoms with Gasteiger partial charge in [0.15, 0.2) is 0 Å². The lowest BCUT2D eigenvalue weighted by molar-refractivity contribution is -0.155. The standard InChI is InChI=1S/C9H18O3/c1-4-8(5-2)9(11)12-7(3)6-10/h7-8,10H,4-6H2,1-3H3. The van der Waals surface area contributed by atoms with Crippen molar-refractivity contribution in [1.29, 1.82) is 0 Å². The van der Waals surface area contributed by atoms with E-state index in [9.17, 15) is 4.79 Å². The molecule has 0 aliphatic rings. The molecule has 0 saturated heterocycles. The van der Waals surface area contributed by atoms with Crippen molar-refractivity contribution >= 4 is 5.97 Å². The Labute approximate surface area is 73.7 Å². The van der Waals surface area contributed by atoms with Crippen molar-refractivity contribution in [3.8, 4) is 0 Å². The van der Waals surface area contributed by atoms with Crippen LogP contribution in [0, 0.1) is 5.92 Å². The zero-order chi connectivity index (χ0) is 9.56. The van der Waals surface area contributed by atoms with Gasteiger partial charge < -0.3 is 9.84 Å². The highest BCUT2D eigenvalue weighted by Gasteiger charge is 2.17. The first kappa shape index (κ1) is 11.4. The maximum atomic E-state index is 11.2. The molecule has 0 amide bonds. The summed E-state index contributed by atoms with van der Waals surface area (Å²) in [7, 11) is 0. The topological polar surface area (TPSA) is 46.5 Å². The fourth-order valence-corrected chi connectivity index (χ4v) is 0.954. The van der Waals surface area contributed by atoms with Crippen LogP contribution in [0.25, 0.3) is 0 Å². The fraction of sp³-hybridized carbons (Fsp3) is 0.889. The van der Waals surface area contributed by atoms with Crippen molar-refractivity contribution in [2.45, 2.75) is 39.7 Å². The van der Waals surface area contributed by atoms with Gasteiger partial charge >= 0.3 is 5.97 Å². The molecule has 0 aromatic rings. The molecule has 72 valence electrons. The van der Waals surface area contributed by atoms with Gasteiger partial charge in [-0.05, 0) is 19.8 Å². The normalized spacial score (nSPS) is 13.1. The summed E-state index contributed by atoms with van der Waals surface area (Å²) in [6, 6.07) is 0. The van der Waals surface area contributed by atoms with Gasteiger partial charge in [0, 0.05) is 0 Å². The maximum Gasteiger partial charge on any atom is 0.309 e. The number of ether oxygens (including phenoxy) is 1. The molecule has 12 heavy (non-hydrogen) atoms. The number of hydrogen-bond acceptors (Lipinski definition) is 3. The molecule has 0 aromatic heterocycles. The molecule has 0 heterocycles. The summed E-state index contributed by atoms with van der Waals surface area (Å²) >= 11 is 0. The molecule has 0 rings (SSSR count). The summed E-state index contributed by atoms with van der Waals surface area (Å²) in [5, 5.41) is 8.63. The minimum Gasteiger partial charge on any atom is -0.460 e. The fourth-order valence-electron chi connectivity index (χ4n) is 0.954. The largest absolute Gasteiger partial charge is 0.460 e. The third-order valence-corrected chi connectivity index (χ3v) is 1.89. The second-order valence-corrected chi connectivity index (χ2v) is 2.94. The lowest BCUT2D eigenvalue weighted by atomic mass is 10.0. The van der Waals surface area contributed by atoms with Crippen LogP contribution in [0.3, 0.4) is 0 Å². The Morgan fingerprint density at radius 2 is 1.92 bits per heavy atom. The van der Waals surface area contributed by atoms with E-state index in [-0.39, 0.29) is 24.6 Å². The smallest absolute Gasteiger partial charge is 0.309 e. The van der Waals surface area contributed by atoms with Crippen molar-refractivity contribution < 1.29 is 14.6 Å². The summed E-state index contributed by atoms with van der Waals surface area (Å²) in [5.74, 6) is -0.208. The number of hydrogen-bond donors (Lipinski definition) is 1. The summed E-state index contributed by atoms with van der Waals surface area (Å²) in [4.78, 5) is 11.2. The average molecular weight is 174 g/mol. The van der Waals surface area contributed by atoms with E-state index in [0.29, 0.717) is 0 Å². The Morgan fingerprint density at radius 1 is 1.42 bits per heavy atom. The van der Waals surface area contributed by atoms with Gasteiger partial charge in [-0.1, -0.05) is 13.8 Å². The monoisotopic (exact) mass is 174 g/mol. The molecule has 3 nitrogen and oxygen atoms in total. The first-order valence-electron chi connectivity index (χ1n) is 4.47. The highest BCUT2D eigenvalue weighted by molar-refractivity contribution is 5.72. The van der Waals surface area contributed by atoms with Gasteiger partial charge in [0.05, 0.1) is 12.5 Å². The Morgan fingerprint density at radius 3 is 2.25 bits per heavy atom. The van der Waals surface area contributed by atoms with Crippen LogP contribution < -0.4 is 0 Å². The van der Waals surface area contributed by atoms with Crippen LogP contribution in [-0.4, -0.2) is 23.8 Å². The van der Waals surface area contributed by atoms with Gasteiger partial charge in [-0.25, -0.2) is 0 Å². The second kappa shape index (κ2) is 6.00. The number of carbonyl (C=O) groups is 1. The van der Waals surface area contributed by atoms with Crippen molar-refractivity contribution in [2.75, 3.05) is 6.61 Å². The molecule has 1 atom stereocenters. The summed E-state index contributed by atoms with van der Waals surface area (Å²) < 4.78 is 4.95. The highest BCUT2D eigenvalue weighted by Crippen LogP contribution is 2.10. The van der Waals surface area contributed by atoms with Crippen LogP contribution in [-0.2, 0) is 9.53 Å². The second-order valence-electron chi connectivity index (χ2n) is 2.94. The molecule has 0 radical (unpaired) electrons. The quantitative estimate of drug-likeness (QED) is 0.640. The van der Waals surface area contributed by atoms with E-state index in [2.05, 4.69) is 0 Å². The maximum absolute atomic E-state index is 11.2. The molecule has 0 saturated carbocycles. The van der Waals surface area contributed by atoms with Crippen molar-refractivity contribution in [3.05, 3.63) is 0 Å². The van der Waals surface area contributed by atoms with E-state index < -0.39 is 0 Å². The minimum absolute atomic E-state index is 0.0148. The van der Waals surface area contributed by atoms with Crippen LogP contribution in [0.15, 0.2) is 0 Å². The van der Waals surface area contributed by atoms with Gasteiger partial charge in [0.2, 0.25) is 0 Å². The Kier molecular flexibility index (Phi) is 5.72. The number of aliphatic hydroxyl groups excluding tert-OH is 1. The molecule has 3 heteroatoms. The molecule has 0 bridgehead atoms. The molecule has 0 aliphatic carbocycles. The van der Waals surface area contributed by atoms with Crippen LogP contribution in [0.5, 0.6) is 0 Å². The van der Waals surface area contributed by atoms with E-state index >= 15 is 0 Å². The van der Waals surface area contributed by atoms with E-state index in [1.165, 1.54) is 0 Å². The number of carbonyl (C=O) groups excluding carboxylic acids is 1. The summed E-state index contributed by atoms with van der Waals surface area (Å²) in [6.07, 6.45) is 1.22. The van der Waals surface area contributed by atoms with Crippen LogP contribution in [0.2, 0.25) is 0 Å². The average Bonchev–Trinajstić information content (AvgIpc) is 2.06. The molecular weight excluding hydrogens is 156 g/mol. The predicted octanol–water partition coefficient (Wildman–Crippen LogP) is 1.35. The number of esters is 1. The van der Waals surface area contributed by atoms with E-state index in [1.54, 1.807) is 6.92 Å². The highest BCUT2D eigenvalue weighted by atomic mass is 16.6. The molecule has 0 aromatic carbocycles.